The molecule has 1 fully saturated rings. The topological polar surface area (TPSA) is 38.8 Å². The summed E-state index contributed by atoms with van der Waals surface area (Å²) in [7, 11) is 0. The smallest absolute Gasteiger partial charge is 0.338 e. The average Bonchev–Trinajstić information content (AvgIpc) is 2.92. The van der Waals surface area contributed by atoms with Gasteiger partial charge in [0.1, 0.15) is 12.7 Å². The molecule has 0 aliphatic carbocycles. The van der Waals surface area contributed by atoms with E-state index in [0.29, 0.717) is 12.2 Å². The predicted octanol–water partition coefficient (Wildman–Crippen LogP) is 1.63. The molecular weight excluding hydrogens is 180 g/mol. The van der Waals surface area contributed by atoms with Crippen LogP contribution in [0.1, 0.15) is 17.3 Å². The first-order valence-corrected chi connectivity index (χ1v) is 4.65. The summed E-state index contributed by atoms with van der Waals surface area (Å²) in [5.41, 5.74) is 0.584. The van der Waals surface area contributed by atoms with Gasteiger partial charge in [0, 0.05) is 0 Å². The fourth-order valence-corrected chi connectivity index (χ4v) is 1.22. The molecule has 3 heteroatoms. The molecule has 3 nitrogen and oxygen atoms in total. The van der Waals surface area contributed by atoms with Gasteiger partial charge in [-0.2, -0.15) is 0 Å². The molecule has 1 aliphatic heterocycles. The molecule has 0 bridgehead atoms. The Kier molecular flexibility index (Phi) is 2.50. The Morgan fingerprint density at radius 2 is 2.07 bits per heavy atom. The molecule has 1 aromatic rings. The lowest BCUT2D eigenvalue weighted by Gasteiger charge is -2.01. The van der Waals surface area contributed by atoms with Crippen LogP contribution in [0.2, 0.25) is 0 Å². The van der Waals surface area contributed by atoms with E-state index < -0.39 is 0 Å². The second-order valence-corrected chi connectivity index (χ2v) is 3.34. The zero-order valence-corrected chi connectivity index (χ0v) is 7.97. The van der Waals surface area contributed by atoms with Gasteiger partial charge in [-0.15, -0.1) is 0 Å². The van der Waals surface area contributed by atoms with Crippen LogP contribution in [-0.4, -0.2) is 24.8 Å². The zero-order valence-electron chi connectivity index (χ0n) is 7.97. The molecule has 2 rings (SSSR count). The highest BCUT2D eigenvalue weighted by Gasteiger charge is 2.35. The van der Waals surface area contributed by atoms with Crippen molar-refractivity contribution in [2.24, 2.45) is 0 Å². The quantitative estimate of drug-likeness (QED) is 0.539. The van der Waals surface area contributed by atoms with Gasteiger partial charge in [-0.3, -0.25) is 0 Å². The lowest BCUT2D eigenvalue weighted by molar-refractivity contribution is 0.0476. The Bertz CT molecular complexity index is 321. The van der Waals surface area contributed by atoms with Crippen molar-refractivity contribution in [1.29, 1.82) is 0 Å². The Balaban J connectivity index is 1.84. The van der Waals surface area contributed by atoms with Crippen molar-refractivity contribution in [2.75, 3.05) is 6.61 Å². The molecule has 0 radical (unpaired) electrons. The Labute approximate surface area is 82.6 Å². The van der Waals surface area contributed by atoms with Gasteiger partial charge >= 0.3 is 5.97 Å². The molecule has 0 saturated carbocycles. The van der Waals surface area contributed by atoms with Gasteiger partial charge in [0.2, 0.25) is 0 Å². The van der Waals surface area contributed by atoms with Crippen LogP contribution in [0.5, 0.6) is 0 Å². The minimum absolute atomic E-state index is 0.0997. The fraction of sp³-hybridized carbons (Fsp3) is 0.364. The minimum atomic E-state index is -0.284. The van der Waals surface area contributed by atoms with E-state index in [2.05, 4.69) is 0 Å². The molecule has 74 valence electrons. The number of benzene rings is 1. The maximum Gasteiger partial charge on any atom is 0.338 e. The number of hydrogen-bond acceptors (Lipinski definition) is 3. The third kappa shape index (κ3) is 2.12. The van der Waals surface area contributed by atoms with Crippen molar-refractivity contribution in [3.63, 3.8) is 0 Å². The number of carbonyl (C=O) groups excluding carboxylic acids is 1. The molecule has 0 amide bonds. The minimum Gasteiger partial charge on any atom is -0.459 e. The molecule has 1 saturated heterocycles. The third-order valence-corrected chi connectivity index (χ3v) is 2.22. The molecule has 1 heterocycles. The number of ether oxygens (including phenoxy) is 2. The molecule has 0 aromatic heterocycles. The third-order valence-electron chi connectivity index (χ3n) is 2.22. The number of carbonyl (C=O) groups is 1. The largest absolute Gasteiger partial charge is 0.459 e. The lowest BCUT2D eigenvalue weighted by Crippen LogP contribution is -2.10. The van der Waals surface area contributed by atoms with Crippen LogP contribution in [0.25, 0.3) is 0 Å². The summed E-state index contributed by atoms with van der Waals surface area (Å²) in [6.07, 6.45) is 0.334. The number of epoxide rings is 1. The summed E-state index contributed by atoms with van der Waals surface area (Å²) in [5.74, 6) is -0.284. The summed E-state index contributed by atoms with van der Waals surface area (Å²) in [6.45, 7) is 2.32. The zero-order chi connectivity index (χ0) is 9.97. The van der Waals surface area contributed by atoms with Crippen molar-refractivity contribution < 1.29 is 14.3 Å². The first-order valence-electron chi connectivity index (χ1n) is 4.65. The first kappa shape index (κ1) is 9.21. The normalized spacial score (nSPS) is 24.4. The molecule has 0 spiro atoms. The highest BCUT2D eigenvalue weighted by atomic mass is 16.6. The van der Waals surface area contributed by atoms with Gasteiger partial charge in [0.15, 0.2) is 0 Å². The summed E-state index contributed by atoms with van der Waals surface area (Å²) in [5, 5.41) is 0. The summed E-state index contributed by atoms with van der Waals surface area (Å²) >= 11 is 0. The summed E-state index contributed by atoms with van der Waals surface area (Å²) < 4.78 is 10.2. The number of esters is 1. The Morgan fingerprint density at radius 1 is 1.43 bits per heavy atom. The second-order valence-electron chi connectivity index (χ2n) is 3.34. The Hall–Kier alpha value is -1.35. The van der Waals surface area contributed by atoms with E-state index in [1.165, 1.54) is 0 Å². The molecule has 1 aliphatic rings. The highest BCUT2D eigenvalue weighted by molar-refractivity contribution is 5.89. The molecule has 2 atom stereocenters. The van der Waals surface area contributed by atoms with Crippen LogP contribution < -0.4 is 0 Å². The molecule has 14 heavy (non-hydrogen) atoms. The van der Waals surface area contributed by atoms with Crippen LogP contribution in [0, 0.1) is 0 Å². The van der Waals surface area contributed by atoms with Crippen molar-refractivity contribution in [3.05, 3.63) is 35.9 Å². The monoisotopic (exact) mass is 192 g/mol. The molecule has 2 unspecified atom stereocenters. The highest BCUT2D eigenvalue weighted by Crippen LogP contribution is 2.21. The van der Waals surface area contributed by atoms with E-state index in [1.807, 2.05) is 25.1 Å². The molecule has 1 aromatic carbocycles. The van der Waals surface area contributed by atoms with Crippen molar-refractivity contribution in [1.82, 2.24) is 0 Å². The van der Waals surface area contributed by atoms with Gasteiger partial charge < -0.3 is 9.47 Å². The van der Waals surface area contributed by atoms with Gasteiger partial charge in [0.25, 0.3) is 0 Å². The van der Waals surface area contributed by atoms with Crippen LogP contribution in [0.3, 0.4) is 0 Å². The van der Waals surface area contributed by atoms with Gasteiger partial charge in [-0.05, 0) is 19.1 Å². The van der Waals surface area contributed by atoms with E-state index in [0.717, 1.165) is 0 Å². The van der Waals surface area contributed by atoms with E-state index >= 15 is 0 Å². The van der Waals surface area contributed by atoms with Crippen LogP contribution in [0.15, 0.2) is 30.3 Å². The maximum absolute atomic E-state index is 11.4. The van der Waals surface area contributed by atoms with Gasteiger partial charge in [-0.25, -0.2) is 4.79 Å². The van der Waals surface area contributed by atoms with Crippen molar-refractivity contribution >= 4 is 5.97 Å². The lowest BCUT2D eigenvalue weighted by atomic mass is 10.2. The van der Waals surface area contributed by atoms with Crippen LogP contribution in [0.4, 0.5) is 0 Å². The van der Waals surface area contributed by atoms with E-state index in [-0.39, 0.29) is 18.2 Å². The van der Waals surface area contributed by atoms with Gasteiger partial charge in [-0.1, -0.05) is 18.2 Å². The van der Waals surface area contributed by atoms with Crippen molar-refractivity contribution in [2.45, 2.75) is 19.1 Å². The molecule has 0 N–H and O–H groups in total. The van der Waals surface area contributed by atoms with Crippen LogP contribution in [-0.2, 0) is 9.47 Å². The Morgan fingerprint density at radius 3 is 2.64 bits per heavy atom. The fourth-order valence-electron chi connectivity index (χ4n) is 1.22. The second kappa shape index (κ2) is 3.80. The molecular formula is C11H12O3. The van der Waals surface area contributed by atoms with E-state index in [1.54, 1.807) is 12.1 Å². The average molecular weight is 192 g/mol. The van der Waals surface area contributed by atoms with Crippen molar-refractivity contribution in [3.8, 4) is 0 Å². The van der Waals surface area contributed by atoms with Gasteiger partial charge in [0.05, 0.1) is 11.7 Å². The number of hydrogen-bond donors (Lipinski definition) is 0. The number of rotatable bonds is 3. The standard InChI is InChI=1S/C11H12O3/c1-8-10(14-8)7-13-11(12)9-5-3-2-4-6-9/h2-6,8,10H,7H2,1H3. The maximum atomic E-state index is 11.4. The van der Waals surface area contributed by atoms with Crippen LogP contribution >= 0.6 is 0 Å². The predicted molar refractivity (Wildman–Crippen MR) is 51.1 cm³/mol. The van der Waals surface area contributed by atoms with E-state index in [9.17, 15) is 4.79 Å². The summed E-state index contributed by atoms with van der Waals surface area (Å²) in [4.78, 5) is 11.4. The van der Waals surface area contributed by atoms with E-state index in [4.69, 9.17) is 9.47 Å². The first-order chi connectivity index (χ1) is 6.77. The SMILES string of the molecule is CC1OC1COC(=O)c1ccccc1. The summed E-state index contributed by atoms with van der Waals surface area (Å²) in [6, 6.07) is 8.96.